The summed E-state index contributed by atoms with van der Waals surface area (Å²) in [5, 5.41) is 0. The number of aryl methyl sites for hydroxylation is 1. The van der Waals surface area contributed by atoms with Crippen molar-refractivity contribution in [3.05, 3.63) is 52.6 Å². The van der Waals surface area contributed by atoms with E-state index in [1.165, 1.54) is 42.5 Å². The van der Waals surface area contributed by atoms with E-state index in [2.05, 4.69) is 50.8 Å². The topological polar surface area (TPSA) is 29.5 Å². The highest BCUT2D eigenvalue weighted by Gasteiger charge is 2.38. The molecule has 3 rings (SSSR count). The van der Waals surface area contributed by atoms with Crippen LogP contribution in [0.15, 0.2) is 35.9 Å². The molecule has 0 amide bonds. The van der Waals surface area contributed by atoms with Gasteiger partial charge in [-0.3, -0.25) is 0 Å². The maximum atomic E-state index is 11.6. The monoisotopic (exact) mass is 395 g/mol. The second-order valence-electron chi connectivity index (χ2n) is 9.89. The van der Waals surface area contributed by atoms with E-state index in [0.29, 0.717) is 6.61 Å². The molecule has 1 aliphatic heterocycles. The van der Waals surface area contributed by atoms with Crippen LogP contribution in [0, 0.1) is 0 Å². The molecule has 0 saturated heterocycles. The zero-order chi connectivity index (χ0) is 21.2. The lowest BCUT2D eigenvalue weighted by molar-refractivity contribution is -0.137. The van der Waals surface area contributed by atoms with Crippen LogP contribution in [-0.4, -0.2) is 25.7 Å². The van der Waals surface area contributed by atoms with Gasteiger partial charge in [0.05, 0.1) is 6.61 Å². The van der Waals surface area contributed by atoms with Crippen molar-refractivity contribution in [3.63, 3.8) is 0 Å². The van der Waals surface area contributed by atoms with Gasteiger partial charge in [-0.2, -0.15) is 0 Å². The highest BCUT2D eigenvalue weighted by atomic mass is 16.5. The summed E-state index contributed by atoms with van der Waals surface area (Å²) in [4.78, 5) is 14.1. The number of rotatable bonds is 5. The number of hydrogen-bond donors (Lipinski definition) is 0. The second kappa shape index (κ2) is 8.38. The summed E-state index contributed by atoms with van der Waals surface area (Å²) in [5.74, 6) is -0.269. The molecule has 1 aromatic rings. The first-order valence-corrected chi connectivity index (χ1v) is 11.1. The van der Waals surface area contributed by atoms with Crippen molar-refractivity contribution in [2.45, 2.75) is 78.1 Å². The van der Waals surface area contributed by atoms with E-state index in [9.17, 15) is 4.79 Å². The Morgan fingerprint density at radius 2 is 1.79 bits per heavy atom. The molecule has 3 nitrogen and oxygen atoms in total. The predicted octanol–water partition coefficient (Wildman–Crippen LogP) is 5.85. The van der Waals surface area contributed by atoms with Gasteiger partial charge in [-0.05, 0) is 78.7 Å². The zero-order valence-electron chi connectivity index (χ0n) is 19.1. The molecule has 0 bridgehead atoms. The van der Waals surface area contributed by atoms with Crippen LogP contribution < -0.4 is 4.90 Å². The Morgan fingerprint density at radius 3 is 2.45 bits per heavy atom. The molecule has 0 aromatic heterocycles. The first-order valence-electron chi connectivity index (χ1n) is 11.1. The number of benzene rings is 1. The fourth-order valence-corrected chi connectivity index (χ4v) is 4.70. The van der Waals surface area contributed by atoms with E-state index in [1.807, 2.05) is 19.9 Å². The fourth-order valence-electron chi connectivity index (χ4n) is 4.70. The number of allylic oxidation sites excluding steroid dienone is 2. The van der Waals surface area contributed by atoms with Gasteiger partial charge in [0.2, 0.25) is 0 Å². The first-order chi connectivity index (χ1) is 13.6. The minimum absolute atomic E-state index is 0.234. The SMILES string of the molecule is CCOC(=O)/C=C(C)/C=C/CN1CCCc2cc3c(cc21)C(C)(C)CCC3(C)C. The molecule has 158 valence electrons. The van der Waals surface area contributed by atoms with Gasteiger partial charge in [0.15, 0.2) is 0 Å². The summed E-state index contributed by atoms with van der Waals surface area (Å²) in [6.07, 6.45) is 10.6. The van der Waals surface area contributed by atoms with Crippen LogP contribution in [0.2, 0.25) is 0 Å². The van der Waals surface area contributed by atoms with Crippen molar-refractivity contribution in [1.82, 2.24) is 0 Å². The zero-order valence-corrected chi connectivity index (χ0v) is 19.1. The van der Waals surface area contributed by atoms with Crippen LogP contribution in [0.1, 0.15) is 77.5 Å². The fraction of sp³-hybridized carbons (Fsp3) is 0.577. The minimum Gasteiger partial charge on any atom is -0.463 e. The number of fused-ring (bicyclic) bond motifs is 2. The summed E-state index contributed by atoms with van der Waals surface area (Å²) < 4.78 is 4.98. The molecule has 0 radical (unpaired) electrons. The van der Waals surface area contributed by atoms with Crippen LogP contribution in [0.4, 0.5) is 5.69 Å². The lowest BCUT2D eigenvalue weighted by Crippen LogP contribution is -2.36. The van der Waals surface area contributed by atoms with Gasteiger partial charge in [-0.15, -0.1) is 0 Å². The Balaban J connectivity index is 1.84. The Kier molecular flexibility index (Phi) is 6.26. The van der Waals surface area contributed by atoms with Gasteiger partial charge in [-0.25, -0.2) is 4.79 Å². The normalized spacial score (nSPS) is 20.3. The maximum Gasteiger partial charge on any atom is 0.330 e. The number of carbonyl (C=O) groups is 1. The Hall–Kier alpha value is -2.03. The highest BCUT2D eigenvalue weighted by molar-refractivity contribution is 5.83. The predicted molar refractivity (Wildman–Crippen MR) is 122 cm³/mol. The van der Waals surface area contributed by atoms with Crippen molar-refractivity contribution in [3.8, 4) is 0 Å². The molecule has 0 fully saturated rings. The molecular weight excluding hydrogens is 358 g/mol. The number of esters is 1. The van der Waals surface area contributed by atoms with Crippen LogP contribution in [0.5, 0.6) is 0 Å². The number of carbonyl (C=O) groups excluding carboxylic acids is 1. The van der Waals surface area contributed by atoms with Crippen LogP contribution in [0.25, 0.3) is 0 Å². The summed E-state index contributed by atoms with van der Waals surface area (Å²) in [6.45, 7) is 15.7. The number of nitrogens with zero attached hydrogens (tertiary/aromatic N) is 1. The average molecular weight is 396 g/mol. The Labute approximate surface area is 176 Å². The lowest BCUT2D eigenvalue weighted by Gasteiger charge is -2.44. The van der Waals surface area contributed by atoms with E-state index in [1.54, 1.807) is 11.6 Å². The summed E-state index contributed by atoms with van der Waals surface area (Å²) in [6, 6.07) is 4.99. The van der Waals surface area contributed by atoms with Crippen LogP contribution in [-0.2, 0) is 26.8 Å². The summed E-state index contributed by atoms with van der Waals surface area (Å²) in [7, 11) is 0. The Bertz CT molecular complexity index is 829. The molecule has 1 aliphatic carbocycles. The van der Waals surface area contributed by atoms with E-state index in [4.69, 9.17) is 4.74 Å². The van der Waals surface area contributed by atoms with Gasteiger partial charge in [-0.1, -0.05) is 45.9 Å². The lowest BCUT2D eigenvalue weighted by atomic mass is 9.62. The smallest absolute Gasteiger partial charge is 0.330 e. The quantitative estimate of drug-likeness (QED) is 0.356. The molecule has 1 heterocycles. The van der Waals surface area contributed by atoms with Gasteiger partial charge in [0.1, 0.15) is 0 Å². The largest absolute Gasteiger partial charge is 0.463 e. The maximum absolute atomic E-state index is 11.6. The molecule has 2 aliphatic rings. The van der Waals surface area contributed by atoms with Gasteiger partial charge < -0.3 is 9.64 Å². The third-order valence-corrected chi connectivity index (χ3v) is 6.61. The number of hydrogen-bond acceptors (Lipinski definition) is 3. The van der Waals surface area contributed by atoms with Crippen molar-refractivity contribution >= 4 is 11.7 Å². The van der Waals surface area contributed by atoms with Gasteiger partial charge in [0, 0.05) is 24.9 Å². The van der Waals surface area contributed by atoms with Crippen molar-refractivity contribution in [2.75, 3.05) is 24.6 Å². The molecule has 0 atom stereocenters. The third-order valence-electron chi connectivity index (χ3n) is 6.61. The third kappa shape index (κ3) is 4.76. The van der Waals surface area contributed by atoms with E-state index in [-0.39, 0.29) is 16.8 Å². The second-order valence-corrected chi connectivity index (χ2v) is 9.89. The Morgan fingerprint density at radius 1 is 1.14 bits per heavy atom. The van der Waals surface area contributed by atoms with Crippen molar-refractivity contribution < 1.29 is 9.53 Å². The van der Waals surface area contributed by atoms with E-state index < -0.39 is 0 Å². The summed E-state index contributed by atoms with van der Waals surface area (Å²) in [5.41, 5.74) is 7.40. The average Bonchev–Trinajstić information content (AvgIpc) is 2.65. The summed E-state index contributed by atoms with van der Waals surface area (Å²) >= 11 is 0. The number of anilines is 1. The van der Waals surface area contributed by atoms with Gasteiger partial charge in [0.25, 0.3) is 0 Å². The van der Waals surface area contributed by atoms with Crippen molar-refractivity contribution in [1.29, 1.82) is 0 Å². The molecule has 29 heavy (non-hydrogen) atoms. The van der Waals surface area contributed by atoms with Crippen LogP contribution in [0.3, 0.4) is 0 Å². The number of ether oxygens (including phenoxy) is 1. The molecule has 0 spiro atoms. The molecular formula is C26H37NO2. The van der Waals surface area contributed by atoms with Crippen LogP contribution >= 0.6 is 0 Å². The highest BCUT2D eigenvalue weighted by Crippen LogP contribution is 2.48. The molecule has 0 N–H and O–H groups in total. The van der Waals surface area contributed by atoms with E-state index in [0.717, 1.165) is 18.7 Å². The minimum atomic E-state index is -0.269. The molecule has 0 saturated carbocycles. The standard InChI is InChI=1S/C26H37NO2/c1-7-29-24(28)16-19(2)10-8-14-27-15-9-11-20-17-21-22(18-23(20)27)26(5,6)13-12-25(21,3)4/h8,10,16-18H,7,9,11-15H2,1-6H3/b10-8+,19-16+. The van der Waals surface area contributed by atoms with Crippen molar-refractivity contribution in [2.24, 2.45) is 0 Å². The van der Waals surface area contributed by atoms with E-state index >= 15 is 0 Å². The molecule has 0 unspecified atom stereocenters. The molecule has 3 heteroatoms. The van der Waals surface area contributed by atoms with Gasteiger partial charge >= 0.3 is 5.97 Å². The first kappa shape index (κ1) is 21.7. The molecule has 1 aromatic carbocycles.